The molecule has 3 heterocycles. The number of nitrogens with one attached hydrogen (secondary N) is 3. The van der Waals surface area contributed by atoms with Gasteiger partial charge in [0.15, 0.2) is 0 Å². The number of carbonyl (C=O) groups excluding carboxylic acids is 2. The van der Waals surface area contributed by atoms with Crippen LogP contribution in [0.1, 0.15) is 29.5 Å². The zero-order valence-corrected chi connectivity index (χ0v) is 21.5. The summed E-state index contributed by atoms with van der Waals surface area (Å²) in [5.41, 5.74) is 6.06. The Balaban J connectivity index is 1.36. The number of non-ortho nitro benzene ring substituents is 1. The third kappa shape index (κ3) is 4.94. The molecule has 2 amide bonds. The van der Waals surface area contributed by atoms with Crippen molar-refractivity contribution in [2.24, 2.45) is 0 Å². The Morgan fingerprint density at radius 3 is 2.52 bits per heavy atom. The minimum Gasteiger partial charge on any atom is -0.354 e. The van der Waals surface area contributed by atoms with Crippen molar-refractivity contribution in [1.82, 2.24) is 14.9 Å². The van der Waals surface area contributed by atoms with E-state index in [1.54, 1.807) is 12.4 Å². The number of fused-ring (bicyclic) bond motifs is 1. The van der Waals surface area contributed by atoms with Gasteiger partial charge in [0.1, 0.15) is 0 Å². The predicted molar refractivity (Wildman–Crippen MR) is 152 cm³/mol. The Hall–Kier alpha value is -5.25. The van der Waals surface area contributed by atoms with Crippen LogP contribution in [0.2, 0.25) is 0 Å². The highest BCUT2D eigenvalue weighted by molar-refractivity contribution is 6.37. The van der Waals surface area contributed by atoms with Crippen molar-refractivity contribution >= 4 is 40.1 Å². The lowest BCUT2D eigenvalue weighted by molar-refractivity contribution is -0.384. The number of imidazole rings is 1. The molecule has 3 aromatic carbocycles. The van der Waals surface area contributed by atoms with Gasteiger partial charge in [0.2, 0.25) is 5.91 Å². The summed E-state index contributed by atoms with van der Waals surface area (Å²) in [4.78, 5) is 45.4. The summed E-state index contributed by atoms with van der Waals surface area (Å²) in [5, 5.41) is 17.7. The Kier molecular flexibility index (Phi) is 6.57. The standard InChI is InChI=1S/C30H26N6O4/c37-27-2-1-14-35(27)15-13-19-3-5-21(6-4-19)29(33-22-9-7-20(8-10-22)26-17-31-18-32-26)28-24-16-23(36(39)40)11-12-25(24)34-30(28)38/h3-12,16-18,33H,1-2,13-15H2,(H,31,32)(H,34,38)/b29-28-. The van der Waals surface area contributed by atoms with Crippen LogP contribution in [0.25, 0.3) is 22.5 Å². The summed E-state index contributed by atoms with van der Waals surface area (Å²) < 4.78 is 0. The number of aromatic amines is 1. The molecule has 1 aromatic heterocycles. The molecule has 0 aliphatic carbocycles. The number of nitro groups is 1. The molecule has 0 radical (unpaired) electrons. The summed E-state index contributed by atoms with van der Waals surface area (Å²) >= 11 is 0. The number of carbonyl (C=O) groups is 2. The van der Waals surface area contributed by atoms with E-state index in [4.69, 9.17) is 0 Å². The van der Waals surface area contributed by atoms with E-state index in [1.807, 2.05) is 59.6 Å². The van der Waals surface area contributed by atoms with Crippen molar-refractivity contribution in [3.05, 3.63) is 106 Å². The minimum absolute atomic E-state index is 0.0951. The van der Waals surface area contributed by atoms with Crippen LogP contribution >= 0.6 is 0 Å². The molecule has 0 unspecified atom stereocenters. The fourth-order valence-electron chi connectivity index (χ4n) is 5.13. The van der Waals surface area contributed by atoms with Gasteiger partial charge in [-0.05, 0) is 42.2 Å². The van der Waals surface area contributed by atoms with Gasteiger partial charge in [-0.15, -0.1) is 0 Å². The minimum atomic E-state index is -0.471. The summed E-state index contributed by atoms with van der Waals surface area (Å²) in [6.07, 6.45) is 5.68. The number of hydrogen-bond donors (Lipinski definition) is 3. The molecule has 1 saturated heterocycles. The molecule has 200 valence electrons. The van der Waals surface area contributed by atoms with Crippen LogP contribution in [-0.2, 0) is 16.0 Å². The van der Waals surface area contributed by atoms with E-state index in [-0.39, 0.29) is 17.5 Å². The first-order chi connectivity index (χ1) is 19.5. The third-order valence-electron chi connectivity index (χ3n) is 7.24. The monoisotopic (exact) mass is 534 g/mol. The van der Waals surface area contributed by atoms with Gasteiger partial charge in [0.25, 0.3) is 11.6 Å². The van der Waals surface area contributed by atoms with Gasteiger partial charge in [-0.25, -0.2) is 4.98 Å². The van der Waals surface area contributed by atoms with E-state index in [0.717, 1.165) is 47.5 Å². The van der Waals surface area contributed by atoms with Gasteiger partial charge in [-0.2, -0.15) is 0 Å². The van der Waals surface area contributed by atoms with Gasteiger partial charge in [-0.3, -0.25) is 19.7 Å². The van der Waals surface area contributed by atoms with Crippen LogP contribution in [0.4, 0.5) is 17.1 Å². The van der Waals surface area contributed by atoms with Gasteiger partial charge in [-0.1, -0.05) is 36.4 Å². The van der Waals surface area contributed by atoms with Gasteiger partial charge >= 0.3 is 0 Å². The Morgan fingerprint density at radius 2 is 1.85 bits per heavy atom. The van der Waals surface area contributed by atoms with E-state index in [2.05, 4.69) is 20.6 Å². The maximum Gasteiger partial charge on any atom is 0.270 e. The Morgan fingerprint density at radius 1 is 1.05 bits per heavy atom. The Labute approximate surface area is 229 Å². The lowest BCUT2D eigenvalue weighted by Crippen LogP contribution is -2.26. The maximum absolute atomic E-state index is 13.2. The zero-order valence-electron chi connectivity index (χ0n) is 21.5. The van der Waals surface area contributed by atoms with E-state index >= 15 is 0 Å². The topological polar surface area (TPSA) is 133 Å². The van der Waals surface area contributed by atoms with E-state index in [1.165, 1.54) is 12.1 Å². The van der Waals surface area contributed by atoms with E-state index in [9.17, 15) is 19.7 Å². The fraction of sp³-hybridized carbons (Fsp3) is 0.167. The summed E-state index contributed by atoms with van der Waals surface area (Å²) in [7, 11) is 0. The first-order valence-corrected chi connectivity index (χ1v) is 13.0. The molecule has 10 heteroatoms. The van der Waals surface area contributed by atoms with Crippen molar-refractivity contribution in [2.75, 3.05) is 23.7 Å². The summed E-state index contributed by atoms with van der Waals surface area (Å²) in [5.74, 6) is -0.145. The molecule has 4 aromatic rings. The molecule has 2 aliphatic heterocycles. The molecule has 0 spiro atoms. The number of amides is 2. The first kappa shape index (κ1) is 25.1. The van der Waals surface area contributed by atoms with Crippen LogP contribution in [0, 0.1) is 10.1 Å². The molecule has 6 rings (SSSR count). The quantitative estimate of drug-likeness (QED) is 0.164. The average molecular weight is 535 g/mol. The molecule has 10 nitrogen and oxygen atoms in total. The molecule has 40 heavy (non-hydrogen) atoms. The second-order valence-electron chi connectivity index (χ2n) is 9.78. The number of anilines is 2. The summed E-state index contributed by atoms with van der Waals surface area (Å²) in [6, 6.07) is 19.8. The normalized spacial score (nSPS) is 15.7. The SMILES string of the molecule is O=C1Nc2ccc([N+](=O)[O-])cc2/C1=C(/Nc1ccc(-c2c[nH]cn2)cc1)c1ccc(CCN2CCCC2=O)cc1. The molecular formula is C30H26N6O4. The van der Waals surface area contributed by atoms with Crippen LogP contribution < -0.4 is 10.6 Å². The van der Waals surface area contributed by atoms with Crippen LogP contribution in [-0.4, -0.2) is 44.7 Å². The number of aromatic nitrogens is 2. The molecular weight excluding hydrogens is 508 g/mol. The number of nitrogens with zero attached hydrogens (tertiary/aromatic N) is 3. The molecule has 3 N–H and O–H groups in total. The highest BCUT2D eigenvalue weighted by Gasteiger charge is 2.30. The number of likely N-dealkylation sites (tertiary alicyclic amines) is 1. The van der Waals surface area contributed by atoms with Gasteiger partial charge < -0.3 is 20.5 Å². The molecule has 1 fully saturated rings. The molecule has 2 aliphatic rings. The Bertz CT molecular complexity index is 1630. The third-order valence-corrected chi connectivity index (χ3v) is 7.24. The van der Waals surface area contributed by atoms with Crippen molar-refractivity contribution < 1.29 is 14.5 Å². The highest BCUT2D eigenvalue weighted by Crippen LogP contribution is 2.39. The molecule has 0 bridgehead atoms. The zero-order chi connectivity index (χ0) is 27.6. The second kappa shape index (κ2) is 10.5. The van der Waals surface area contributed by atoms with Gasteiger partial charge in [0.05, 0.1) is 28.2 Å². The number of benzene rings is 3. The highest BCUT2D eigenvalue weighted by atomic mass is 16.6. The predicted octanol–water partition coefficient (Wildman–Crippen LogP) is 5.08. The fourth-order valence-corrected chi connectivity index (χ4v) is 5.13. The second-order valence-corrected chi connectivity index (χ2v) is 9.78. The van der Waals surface area contributed by atoms with Crippen molar-refractivity contribution in [3.63, 3.8) is 0 Å². The van der Waals surface area contributed by atoms with Crippen LogP contribution in [0.5, 0.6) is 0 Å². The van der Waals surface area contributed by atoms with Crippen LogP contribution in [0.3, 0.4) is 0 Å². The average Bonchev–Trinajstić information content (AvgIpc) is 3.71. The molecule has 0 atom stereocenters. The van der Waals surface area contributed by atoms with E-state index in [0.29, 0.717) is 35.5 Å². The lowest BCUT2D eigenvalue weighted by Gasteiger charge is -2.17. The summed E-state index contributed by atoms with van der Waals surface area (Å²) in [6.45, 7) is 1.48. The van der Waals surface area contributed by atoms with Gasteiger partial charge in [0, 0.05) is 60.3 Å². The largest absolute Gasteiger partial charge is 0.354 e. The number of rotatable bonds is 8. The lowest BCUT2D eigenvalue weighted by atomic mass is 9.98. The van der Waals surface area contributed by atoms with E-state index < -0.39 is 4.92 Å². The number of nitro benzene ring substituents is 1. The number of H-pyrrole nitrogens is 1. The van der Waals surface area contributed by atoms with Crippen molar-refractivity contribution in [3.8, 4) is 11.3 Å². The number of hydrogen-bond acceptors (Lipinski definition) is 6. The van der Waals surface area contributed by atoms with Crippen molar-refractivity contribution in [2.45, 2.75) is 19.3 Å². The van der Waals surface area contributed by atoms with Crippen LogP contribution in [0.15, 0.2) is 79.3 Å². The smallest absolute Gasteiger partial charge is 0.270 e. The first-order valence-electron chi connectivity index (χ1n) is 13.0. The maximum atomic E-state index is 13.2. The molecule has 0 saturated carbocycles. The van der Waals surface area contributed by atoms with Crippen molar-refractivity contribution in [1.29, 1.82) is 0 Å².